The van der Waals surface area contributed by atoms with Gasteiger partial charge in [0.1, 0.15) is 0 Å². The van der Waals surface area contributed by atoms with Crippen LogP contribution in [-0.2, 0) is 4.74 Å². The van der Waals surface area contributed by atoms with Gasteiger partial charge >= 0.3 is 5.97 Å². The fourth-order valence-corrected chi connectivity index (χ4v) is 2.28. The van der Waals surface area contributed by atoms with Crippen LogP contribution in [0.5, 0.6) is 0 Å². The van der Waals surface area contributed by atoms with Crippen molar-refractivity contribution in [2.75, 3.05) is 6.61 Å². The standard InChI is InChI=1S/C16H24O2/c1-4-7-10-13(5-2)14-11-8-9-12-15(14)16(17)18-6-3/h8-9,11-13H,4-7,10H2,1-3H3. The molecule has 0 heterocycles. The molecule has 1 rings (SSSR count). The predicted molar refractivity (Wildman–Crippen MR) is 75.0 cm³/mol. The Hall–Kier alpha value is -1.31. The van der Waals surface area contributed by atoms with Gasteiger partial charge in [0.25, 0.3) is 0 Å². The number of hydrogen-bond donors (Lipinski definition) is 0. The van der Waals surface area contributed by atoms with Crippen molar-refractivity contribution in [3.8, 4) is 0 Å². The number of benzene rings is 1. The second-order valence-corrected chi connectivity index (χ2v) is 4.56. The van der Waals surface area contributed by atoms with Crippen LogP contribution in [-0.4, -0.2) is 12.6 Å². The molecule has 2 nitrogen and oxygen atoms in total. The average Bonchev–Trinajstić information content (AvgIpc) is 2.40. The van der Waals surface area contributed by atoms with Crippen molar-refractivity contribution in [2.24, 2.45) is 0 Å². The molecule has 0 aliphatic carbocycles. The number of hydrogen-bond acceptors (Lipinski definition) is 2. The fraction of sp³-hybridized carbons (Fsp3) is 0.562. The topological polar surface area (TPSA) is 26.3 Å². The van der Waals surface area contributed by atoms with E-state index in [2.05, 4.69) is 19.9 Å². The molecule has 100 valence electrons. The molecule has 0 fully saturated rings. The molecule has 0 saturated heterocycles. The van der Waals surface area contributed by atoms with E-state index >= 15 is 0 Å². The molecule has 0 aromatic heterocycles. The molecule has 0 bridgehead atoms. The predicted octanol–water partition coefficient (Wildman–Crippen LogP) is 4.55. The Bertz CT molecular complexity index is 371. The van der Waals surface area contributed by atoms with Crippen molar-refractivity contribution in [2.45, 2.75) is 52.4 Å². The Kier molecular flexibility index (Phi) is 6.48. The maximum absolute atomic E-state index is 11.9. The van der Waals surface area contributed by atoms with Crippen LogP contribution in [0.4, 0.5) is 0 Å². The average molecular weight is 248 g/mol. The summed E-state index contributed by atoms with van der Waals surface area (Å²) in [5.41, 5.74) is 1.88. The van der Waals surface area contributed by atoms with E-state index in [0.717, 1.165) is 24.0 Å². The molecule has 1 aromatic rings. The highest BCUT2D eigenvalue weighted by atomic mass is 16.5. The lowest BCUT2D eigenvalue weighted by molar-refractivity contribution is 0.0524. The molecule has 1 aromatic carbocycles. The van der Waals surface area contributed by atoms with Gasteiger partial charge in [-0.1, -0.05) is 44.9 Å². The third-order valence-electron chi connectivity index (χ3n) is 3.29. The van der Waals surface area contributed by atoms with Crippen LogP contribution in [0.2, 0.25) is 0 Å². The summed E-state index contributed by atoms with van der Waals surface area (Å²) in [5, 5.41) is 0. The van der Waals surface area contributed by atoms with E-state index in [-0.39, 0.29) is 5.97 Å². The van der Waals surface area contributed by atoms with Crippen LogP contribution in [0.1, 0.15) is 68.3 Å². The van der Waals surface area contributed by atoms with E-state index in [1.807, 2.05) is 25.1 Å². The van der Waals surface area contributed by atoms with Crippen LogP contribution in [0, 0.1) is 0 Å². The second-order valence-electron chi connectivity index (χ2n) is 4.56. The SMILES string of the molecule is CCCCC(CC)c1ccccc1C(=O)OCC. The summed E-state index contributed by atoms with van der Waals surface area (Å²) in [4.78, 5) is 11.9. The first kappa shape index (κ1) is 14.7. The Morgan fingerprint density at radius 2 is 1.94 bits per heavy atom. The summed E-state index contributed by atoms with van der Waals surface area (Å²) in [6.45, 7) is 6.65. The van der Waals surface area contributed by atoms with Crippen molar-refractivity contribution in [1.29, 1.82) is 0 Å². The van der Waals surface area contributed by atoms with Crippen LogP contribution in [0.25, 0.3) is 0 Å². The van der Waals surface area contributed by atoms with E-state index < -0.39 is 0 Å². The molecule has 1 atom stereocenters. The molecule has 1 unspecified atom stereocenters. The largest absolute Gasteiger partial charge is 0.462 e. The van der Waals surface area contributed by atoms with Gasteiger partial charge in [-0.05, 0) is 37.3 Å². The highest BCUT2D eigenvalue weighted by molar-refractivity contribution is 5.91. The van der Waals surface area contributed by atoms with Gasteiger partial charge in [-0.15, -0.1) is 0 Å². The lowest BCUT2D eigenvalue weighted by Gasteiger charge is -2.18. The van der Waals surface area contributed by atoms with Gasteiger partial charge in [-0.2, -0.15) is 0 Å². The van der Waals surface area contributed by atoms with Crippen molar-refractivity contribution < 1.29 is 9.53 Å². The molecule has 0 saturated carbocycles. The maximum Gasteiger partial charge on any atom is 0.338 e. The van der Waals surface area contributed by atoms with Crippen LogP contribution in [0.3, 0.4) is 0 Å². The maximum atomic E-state index is 11.9. The number of ether oxygens (including phenoxy) is 1. The first-order chi connectivity index (χ1) is 8.74. The summed E-state index contributed by atoms with van der Waals surface area (Å²) < 4.78 is 5.13. The molecular formula is C16H24O2. The lowest BCUT2D eigenvalue weighted by Crippen LogP contribution is -2.10. The summed E-state index contributed by atoms with van der Waals surface area (Å²) in [7, 11) is 0. The van der Waals surface area contributed by atoms with E-state index in [1.165, 1.54) is 12.8 Å². The monoisotopic (exact) mass is 248 g/mol. The third-order valence-corrected chi connectivity index (χ3v) is 3.29. The van der Waals surface area contributed by atoms with Gasteiger partial charge in [0.2, 0.25) is 0 Å². The van der Waals surface area contributed by atoms with Crippen molar-refractivity contribution in [1.82, 2.24) is 0 Å². The summed E-state index contributed by atoms with van der Waals surface area (Å²) in [5.74, 6) is 0.272. The minimum atomic E-state index is -0.192. The smallest absolute Gasteiger partial charge is 0.338 e. The van der Waals surface area contributed by atoms with Crippen molar-refractivity contribution >= 4 is 5.97 Å². The Morgan fingerprint density at radius 3 is 2.56 bits per heavy atom. The second kappa shape index (κ2) is 7.91. The van der Waals surface area contributed by atoms with Gasteiger partial charge in [0, 0.05) is 0 Å². The van der Waals surface area contributed by atoms with E-state index in [0.29, 0.717) is 12.5 Å². The van der Waals surface area contributed by atoms with Gasteiger partial charge in [-0.25, -0.2) is 4.79 Å². The van der Waals surface area contributed by atoms with Crippen molar-refractivity contribution in [3.63, 3.8) is 0 Å². The number of esters is 1. The molecule has 0 aliphatic heterocycles. The number of carbonyl (C=O) groups excluding carboxylic acids is 1. The molecule has 18 heavy (non-hydrogen) atoms. The lowest BCUT2D eigenvalue weighted by atomic mass is 9.88. The first-order valence-electron chi connectivity index (χ1n) is 7.00. The molecular weight excluding hydrogens is 224 g/mol. The van der Waals surface area contributed by atoms with Crippen LogP contribution >= 0.6 is 0 Å². The Morgan fingerprint density at radius 1 is 1.22 bits per heavy atom. The fourth-order valence-electron chi connectivity index (χ4n) is 2.28. The zero-order valence-electron chi connectivity index (χ0n) is 11.7. The molecule has 2 heteroatoms. The van der Waals surface area contributed by atoms with Crippen molar-refractivity contribution in [3.05, 3.63) is 35.4 Å². The molecule has 0 radical (unpaired) electrons. The Labute approximate surface area is 110 Å². The van der Waals surface area contributed by atoms with E-state index in [9.17, 15) is 4.79 Å². The van der Waals surface area contributed by atoms with Gasteiger partial charge in [0.05, 0.1) is 12.2 Å². The first-order valence-corrected chi connectivity index (χ1v) is 7.00. The van der Waals surface area contributed by atoms with E-state index in [4.69, 9.17) is 4.74 Å². The van der Waals surface area contributed by atoms with Crippen LogP contribution < -0.4 is 0 Å². The van der Waals surface area contributed by atoms with Crippen LogP contribution in [0.15, 0.2) is 24.3 Å². The van der Waals surface area contributed by atoms with Gasteiger partial charge < -0.3 is 4.74 Å². The van der Waals surface area contributed by atoms with E-state index in [1.54, 1.807) is 0 Å². The summed E-state index contributed by atoms with van der Waals surface area (Å²) in [6, 6.07) is 7.85. The highest BCUT2D eigenvalue weighted by Gasteiger charge is 2.17. The third kappa shape index (κ3) is 3.86. The molecule has 0 N–H and O–H groups in total. The zero-order chi connectivity index (χ0) is 13.4. The molecule has 0 aliphatic rings. The number of unbranched alkanes of at least 4 members (excludes halogenated alkanes) is 1. The minimum absolute atomic E-state index is 0.192. The summed E-state index contributed by atoms with van der Waals surface area (Å²) >= 11 is 0. The zero-order valence-corrected chi connectivity index (χ0v) is 11.7. The normalized spacial score (nSPS) is 12.2. The summed E-state index contributed by atoms with van der Waals surface area (Å²) in [6.07, 6.45) is 4.60. The highest BCUT2D eigenvalue weighted by Crippen LogP contribution is 2.28. The van der Waals surface area contributed by atoms with Gasteiger partial charge in [-0.3, -0.25) is 0 Å². The number of rotatable bonds is 7. The Balaban J connectivity index is 2.95. The number of carbonyl (C=O) groups is 1. The quantitative estimate of drug-likeness (QED) is 0.662. The minimum Gasteiger partial charge on any atom is -0.462 e. The molecule has 0 spiro atoms. The van der Waals surface area contributed by atoms with Gasteiger partial charge in [0.15, 0.2) is 0 Å². The molecule has 0 amide bonds.